The molecule has 2 rings (SSSR count). The van der Waals surface area contributed by atoms with E-state index in [0.717, 1.165) is 0 Å². The minimum Gasteiger partial charge on any atom is -0.384 e. The second kappa shape index (κ2) is 5.70. The average molecular weight is 292 g/mol. The molecular weight excluding hydrogens is 276 g/mol. The first-order chi connectivity index (χ1) is 9.42. The van der Waals surface area contributed by atoms with Crippen molar-refractivity contribution in [3.63, 3.8) is 0 Å². The number of sulfonamides is 1. The predicted octanol–water partition coefficient (Wildman–Crippen LogP) is 1.27. The van der Waals surface area contributed by atoms with Gasteiger partial charge in [0.15, 0.2) is 0 Å². The van der Waals surface area contributed by atoms with E-state index >= 15 is 0 Å². The minimum atomic E-state index is -3.67. The molecule has 106 valence electrons. The minimum absolute atomic E-state index is 0.0730. The number of hydrogen-bond acceptors (Lipinski definition) is 4. The number of benzene rings is 1. The SMILES string of the molecule is CC(O)(CNS(=O)(=O)c1cccnc1)c1ccccc1. The van der Waals surface area contributed by atoms with Gasteiger partial charge in [0.25, 0.3) is 0 Å². The first-order valence-electron chi connectivity index (χ1n) is 6.09. The molecule has 0 aliphatic heterocycles. The van der Waals surface area contributed by atoms with Crippen molar-refractivity contribution in [3.05, 3.63) is 60.4 Å². The Labute approximate surface area is 118 Å². The van der Waals surface area contributed by atoms with Crippen LogP contribution in [-0.2, 0) is 15.6 Å². The lowest BCUT2D eigenvalue weighted by Crippen LogP contribution is -2.38. The molecule has 0 bridgehead atoms. The summed E-state index contributed by atoms with van der Waals surface area (Å²) in [5.41, 5.74) is -0.634. The third-order valence-corrected chi connectivity index (χ3v) is 4.33. The summed E-state index contributed by atoms with van der Waals surface area (Å²) in [5, 5.41) is 10.4. The van der Waals surface area contributed by atoms with E-state index in [1.165, 1.54) is 18.5 Å². The summed E-state index contributed by atoms with van der Waals surface area (Å²) >= 11 is 0. The summed E-state index contributed by atoms with van der Waals surface area (Å²) in [6.07, 6.45) is 2.76. The highest BCUT2D eigenvalue weighted by Gasteiger charge is 2.25. The second-order valence-electron chi connectivity index (χ2n) is 4.65. The van der Waals surface area contributed by atoms with E-state index in [1.807, 2.05) is 6.07 Å². The maximum absolute atomic E-state index is 12.0. The highest BCUT2D eigenvalue weighted by Crippen LogP contribution is 2.19. The Morgan fingerprint density at radius 3 is 2.50 bits per heavy atom. The molecule has 1 unspecified atom stereocenters. The fourth-order valence-corrected chi connectivity index (χ4v) is 2.82. The molecule has 0 amide bonds. The van der Waals surface area contributed by atoms with Crippen molar-refractivity contribution in [1.29, 1.82) is 0 Å². The zero-order valence-corrected chi connectivity index (χ0v) is 11.8. The van der Waals surface area contributed by atoms with Crippen LogP contribution in [0, 0.1) is 0 Å². The summed E-state index contributed by atoms with van der Waals surface area (Å²) in [6, 6.07) is 11.9. The summed E-state index contributed by atoms with van der Waals surface area (Å²) in [4.78, 5) is 3.84. The van der Waals surface area contributed by atoms with Crippen LogP contribution in [0.3, 0.4) is 0 Å². The highest BCUT2D eigenvalue weighted by molar-refractivity contribution is 7.89. The number of pyridine rings is 1. The van der Waals surface area contributed by atoms with Crippen molar-refractivity contribution in [3.8, 4) is 0 Å². The molecule has 6 heteroatoms. The summed E-state index contributed by atoms with van der Waals surface area (Å²) in [7, 11) is -3.67. The fraction of sp³-hybridized carbons (Fsp3) is 0.214. The molecule has 1 heterocycles. The van der Waals surface area contributed by atoms with Crippen LogP contribution in [0.4, 0.5) is 0 Å². The van der Waals surface area contributed by atoms with Crippen molar-refractivity contribution in [1.82, 2.24) is 9.71 Å². The number of aliphatic hydroxyl groups is 1. The third-order valence-electron chi connectivity index (χ3n) is 2.95. The van der Waals surface area contributed by atoms with Crippen LogP contribution in [0.5, 0.6) is 0 Å². The van der Waals surface area contributed by atoms with Crippen LogP contribution in [0.15, 0.2) is 59.8 Å². The predicted molar refractivity (Wildman–Crippen MR) is 75.4 cm³/mol. The third kappa shape index (κ3) is 3.41. The number of nitrogens with one attached hydrogen (secondary N) is 1. The monoisotopic (exact) mass is 292 g/mol. The molecular formula is C14H16N2O3S. The molecule has 0 spiro atoms. The molecule has 0 saturated heterocycles. The van der Waals surface area contributed by atoms with Gasteiger partial charge in [-0.1, -0.05) is 30.3 Å². The van der Waals surface area contributed by atoms with Crippen LogP contribution in [0.25, 0.3) is 0 Å². The Bertz CT molecular complexity index is 655. The first kappa shape index (κ1) is 14.6. The topological polar surface area (TPSA) is 79.3 Å². The molecule has 2 aromatic rings. The van der Waals surface area contributed by atoms with Crippen molar-refractivity contribution in [2.24, 2.45) is 0 Å². The van der Waals surface area contributed by atoms with E-state index in [9.17, 15) is 13.5 Å². The first-order valence-corrected chi connectivity index (χ1v) is 7.58. The summed E-state index contributed by atoms with van der Waals surface area (Å²) in [6.45, 7) is 1.45. The van der Waals surface area contributed by atoms with E-state index in [1.54, 1.807) is 37.3 Å². The Kier molecular flexibility index (Phi) is 4.17. The van der Waals surface area contributed by atoms with E-state index in [0.29, 0.717) is 5.56 Å². The van der Waals surface area contributed by atoms with Gasteiger partial charge in [-0.2, -0.15) is 0 Å². The molecule has 0 radical (unpaired) electrons. The van der Waals surface area contributed by atoms with Crippen LogP contribution in [0.2, 0.25) is 0 Å². The maximum atomic E-state index is 12.0. The Balaban J connectivity index is 2.12. The van der Waals surface area contributed by atoms with Gasteiger partial charge in [-0.3, -0.25) is 4.98 Å². The Hall–Kier alpha value is -1.76. The zero-order valence-electron chi connectivity index (χ0n) is 11.0. The molecule has 5 nitrogen and oxygen atoms in total. The zero-order chi connectivity index (χ0) is 14.6. The number of rotatable bonds is 5. The lowest BCUT2D eigenvalue weighted by atomic mass is 9.97. The van der Waals surface area contributed by atoms with Crippen molar-refractivity contribution >= 4 is 10.0 Å². The molecule has 0 aliphatic carbocycles. The molecule has 0 fully saturated rings. The van der Waals surface area contributed by atoms with Crippen LogP contribution >= 0.6 is 0 Å². The maximum Gasteiger partial charge on any atom is 0.242 e. The normalized spacial score (nSPS) is 14.7. The molecule has 1 aromatic carbocycles. The van der Waals surface area contributed by atoms with E-state index in [-0.39, 0.29) is 11.4 Å². The number of hydrogen-bond donors (Lipinski definition) is 2. The fourth-order valence-electron chi connectivity index (χ4n) is 1.72. The quantitative estimate of drug-likeness (QED) is 0.869. The molecule has 1 aromatic heterocycles. The number of aromatic nitrogens is 1. The van der Waals surface area contributed by atoms with Gasteiger partial charge in [-0.05, 0) is 24.6 Å². The summed E-state index contributed by atoms with van der Waals surface area (Å²) < 4.78 is 26.5. The lowest BCUT2D eigenvalue weighted by molar-refractivity contribution is 0.0627. The molecule has 2 N–H and O–H groups in total. The Morgan fingerprint density at radius 1 is 1.20 bits per heavy atom. The van der Waals surface area contributed by atoms with E-state index < -0.39 is 15.6 Å². The van der Waals surface area contributed by atoms with Crippen molar-refractivity contribution < 1.29 is 13.5 Å². The van der Waals surface area contributed by atoms with Gasteiger partial charge >= 0.3 is 0 Å². The number of nitrogens with zero attached hydrogens (tertiary/aromatic N) is 1. The summed E-state index contributed by atoms with van der Waals surface area (Å²) in [5.74, 6) is 0. The van der Waals surface area contributed by atoms with Gasteiger partial charge < -0.3 is 5.11 Å². The largest absolute Gasteiger partial charge is 0.384 e. The van der Waals surface area contributed by atoms with Crippen LogP contribution in [0.1, 0.15) is 12.5 Å². The molecule has 1 atom stereocenters. The van der Waals surface area contributed by atoms with Gasteiger partial charge in [-0.15, -0.1) is 0 Å². The molecule has 20 heavy (non-hydrogen) atoms. The van der Waals surface area contributed by atoms with E-state index in [2.05, 4.69) is 9.71 Å². The van der Waals surface area contributed by atoms with Crippen LogP contribution in [-0.4, -0.2) is 25.1 Å². The standard InChI is InChI=1S/C14H16N2O3S/c1-14(17,12-6-3-2-4-7-12)11-16-20(18,19)13-8-5-9-15-10-13/h2-10,16-17H,11H2,1H3. The van der Waals surface area contributed by atoms with Crippen molar-refractivity contribution in [2.75, 3.05) is 6.54 Å². The second-order valence-corrected chi connectivity index (χ2v) is 6.42. The van der Waals surface area contributed by atoms with Gasteiger partial charge in [0, 0.05) is 18.9 Å². The molecule has 0 saturated carbocycles. The average Bonchev–Trinajstić information content (AvgIpc) is 2.47. The van der Waals surface area contributed by atoms with E-state index in [4.69, 9.17) is 0 Å². The van der Waals surface area contributed by atoms with Crippen LogP contribution < -0.4 is 4.72 Å². The molecule has 0 aliphatic rings. The van der Waals surface area contributed by atoms with Gasteiger partial charge in [0.05, 0.1) is 0 Å². The van der Waals surface area contributed by atoms with Crippen molar-refractivity contribution in [2.45, 2.75) is 17.4 Å². The van der Waals surface area contributed by atoms with Gasteiger partial charge in [-0.25, -0.2) is 13.1 Å². The Morgan fingerprint density at radius 2 is 1.90 bits per heavy atom. The van der Waals surface area contributed by atoms with Gasteiger partial charge in [0.2, 0.25) is 10.0 Å². The smallest absolute Gasteiger partial charge is 0.242 e. The highest BCUT2D eigenvalue weighted by atomic mass is 32.2. The lowest BCUT2D eigenvalue weighted by Gasteiger charge is -2.24. The van der Waals surface area contributed by atoms with Gasteiger partial charge in [0.1, 0.15) is 10.5 Å².